The summed E-state index contributed by atoms with van der Waals surface area (Å²) in [5, 5.41) is 7.71. The molecule has 7 aromatic carbocycles. The largest absolute Gasteiger partial charge is 0.309 e. The minimum Gasteiger partial charge on any atom is -0.309 e. The van der Waals surface area contributed by atoms with Gasteiger partial charge in [0.1, 0.15) is 0 Å². The first kappa shape index (κ1) is 25.6. The van der Waals surface area contributed by atoms with Gasteiger partial charge in [-0.1, -0.05) is 124 Å². The molecular weight excluding hydrogens is 518 g/mol. The highest BCUT2D eigenvalue weighted by atomic mass is 15.0. The minimum absolute atomic E-state index is 0.0197. The van der Waals surface area contributed by atoms with Gasteiger partial charge in [-0.15, -0.1) is 0 Å². The lowest BCUT2D eigenvalue weighted by Crippen LogP contribution is -2.13. The van der Waals surface area contributed by atoms with E-state index in [2.05, 4.69) is 171 Å². The van der Waals surface area contributed by atoms with E-state index < -0.39 is 0 Å². The fourth-order valence-electron chi connectivity index (χ4n) is 6.79. The summed E-state index contributed by atoms with van der Waals surface area (Å²) in [6.07, 6.45) is 0. The first-order valence-electron chi connectivity index (χ1n) is 15.1. The Labute approximate surface area is 252 Å². The number of nitrogens with zero attached hydrogens (tertiary/aromatic N) is 1. The zero-order chi connectivity index (χ0) is 29.1. The number of aromatic nitrogens is 1. The van der Waals surface area contributed by atoms with Crippen LogP contribution in [0.3, 0.4) is 0 Å². The third-order valence-electron chi connectivity index (χ3n) is 8.89. The Kier molecular flexibility index (Phi) is 5.77. The van der Waals surface area contributed by atoms with E-state index in [9.17, 15) is 0 Å². The molecule has 0 aliphatic rings. The summed E-state index contributed by atoms with van der Waals surface area (Å²) in [5.41, 5.74) is 10.1. The molecule has 0 unspecified atom stereocenters. The van der Waals surface area contributed by atoms with Gasteiger partial charge in [-0.25, -0.2) is 0 Å². The highest BCUT2D eigenvalue weighted by Gasteiger charge is 2.21. The van der Waals surface area contributed by atoms with Crippen LogP contribution in [0.15, 0.2) is 146 Å². The van der Waals surface area contributed by atoms with Crippen LogP contribution in [-0.4, -0.2) is 4.57 Å². The molecule has 0 atom stereocenters. The Balaban J connectivity index is 1.28. The number of hydrogen-bond donors (Lipinski definition) is 0. The lowest BCUT2D eigenvalue weighted by Gasteiger charge is -2.25. The molecule has 43 heavy (non-hydrogen) atoms. The molecule has 0 N–H and O–H groups in total. The summed E-state index contributed by atoms with van der Waals surface area (Å²) in [5.74, 6) is 0. The van der Waals surface area contributed by atoms with Gasteiger partial charge in [0.2, 0.25) is 0 Å². The maximum Gasteiger partial charge on any atom is 0.0541 e. The molecule has 0 saturated carbocycles. The molecule has 0 fully saturated rings. The normalized spacial score (nSPS) is 12.1. The third kappa shape index (κ3) is 4.23. The fraction of sp³-hybridized carbons (Fsp3) is 0.0952. The Morgan fingerprint density at radius 2 is 1.05 bits per heavy atom. The van der Waals surface area contributed by atoms with Crippen molar-refractivity contribution in [2.45, 2.75) is 26.2 Å². The molecule has 1 heterocycles. The topological polar surface area (TPSA) is 4.93 Å². The van der Waals surface area contributed by atoms with Crippen molar-refractivity contribution in [1.82, 2.24) is 4.57 Å². The molecular formula is C42H33N. The van der Waals surface area contributed by atoms with Crippen molar-refractivity contribution >= 4 is 43.4 Å². The number of hydrogen-bond acceptors (Lipinski definition) is 0. The molecule has 1 heteroatoms. The third-order valence-corrected chi connectivity index (χ3v) is 8.89. The lowest BCUT2D eigenvalue weighted by molar-refractivity contribution is 0.593. The summed E-state index contributed by atoms with van der Waals surface area (Å²) in [6, 6.07) is 53.5. The van der Waals surface area contributed by atoms with Crippen LogP contribution in [0, 0.1) is 0 Å². The first-order chi connectivity index (χ1) is 21.0. The molecule has 0 aliphatic heterocycles. The molecule has 0 radical (unpaired) electrons. The maximum absolute atomic E-state index is 2.37. The second-order valence-electron chi connectivity index (χ2n) is 12.7. The highest BCUT2D eigenvalue weighted by molar-refractivity contribution is 6.10. The molecule has 1 aromatic heterocycles. The van der Waals surface area contributed by atoms with E-state index in [0.717, 1.165) is 0 Å². The van der Waals surface area contributed by atoms with E-state index in [1.807, 2.05) is 0 Å². The summed E-state index contributed by atoms with van der Waals surface area (Å²) in [7, 11) is 0. The predicted octanol–water partition coefficient (Wildman–Crippen LogP) is 11.7. The van der Waals surface area contributed by atoms with E-state index >= 15 is 0 Å². The van der Waals surface area contributed by atoms with Crippen LogP contribution in [0.1, 0.15) is 26.3 Å². The molecule has 8 aromatic rings. The zero-order valence-electron chi connectivity index (χ0n) is 24.8. The summed E-state index contributed by atoms with van der Waals surface area (Å²) in [6.45, 7) is 6.94. The van der Waals surface area contributed by atoms with Crippen molar-refractivity contribution in [3.05, 3.63) is 151 Å². The van der Waals surface area contributed by atoms with Crippen molar-refractivity contribution in [3.8, 4) is 27.9 Å². The summed E-state index contributed by atoms with van der Waals surface area (Å²) < 4.78 is 2.37. The molecule has 1 nitrogen and oxygen atoms in total. The Morgan fingerprint density at radius 1 is 0.419 bits per heavy atom. The van der Waals surface area contributed by atoms with E-state index in [1.165, 1.54) is 76.9 Å². The molecule has 8 rings (SSSR count). The van der Waals surface area contributed by atoms with Gasteiger partial charge in [0, 0.05) is 16.5 Å². The standard InChI is InChI=1S/C42H33N/c1-42(2,3)38-23-21-33-25-30-11-7-8-12-31(30)26-36(33)41(38)29-19-17-28(18-20-29)32-22-24-40-37(27-32)35-15-9-10-16-39(35)43(40)34-13-5-4-6-14-34/h4-27H,1-3H3. The van der Waals surface area contributed by atoms with Gasteiger partial charge in [-0.2, -0.15) is 0 Å². The van der Waals surface area contributed by atoms with Crippen LogP contribution >= 0.6 is 0 Å². The molecule has 206 valence electrons. The van der Waals surface area contributed by atoms with Crippen LogP contribution in [0.4, 0.5) is 0 Å². The molecule has 0 amide bonds. The SMILES string of the molecule is CC(C)(C)c1ccc2cc3ccccc3cc2c1-c1ccc(-c2ccc3c(c2)c2ccccc2n3-c2ccccc2)cc1. The van der Waals surface area contributed by atoms with Gasteiger partial charge in [0.15, 0.2) is 0 Å². The molecule has 0 aliphatic carbocycles. The number of rotatable bonds is 3. The van der Waals surface area contributed by atoms with Gasteiger partial charge >= 0.3 is 0 Å². The van der Waals surface area contributed by atoms with Gasteiger partial charge in [-0.05, 0) is 97.2 Å². The Morgan fingerprint density at radius 3 is 1.81 bits per heavy atom. The Hall–Kier alpha value is -5.14. The van der Waals surface area contributed by atoms with E-state index in [4.69, 9.17) is 0 Å². The van der Waals surface area contributed by atoms with Crippen molar-refractivity contribution in [1.29, 1.82) is 0 Å². The average Bonchev–Trinajstić information content (AvgIpc) is 3.37. The molecule has 0 saturated heterocycles. The van der Waals surface area contributed by atoms with E-state index in [1.54, 1.807) is 0 Å². The van der Waals surface area contributed by atoms with Crippen molar-refractivity contribution in [2.75, 3.05) is 0 Å². The van der Waals surface area contributed by atoms with Crippen LogP contribution in [0.2, 0.25) is 0 Å². The number of fused-ring (bicyclic) bond motifs is 5. The van der Waals surface area contributed by atoms with Crippen LogP contribution in [0.25, 0.3) is 71.3 Å². The fourth-order valence-corrected chi connectivity index (χ4v) is 6.79. The van der Waals surface area contributed by atoms with E-state index in [0.29, 0.717) is 0 Å². The maximum atomic E-state index is 2.37. The summed E-state index contributed by atoms with van der Waals surface area (Å²) in [4.78, 5) is 0. The van der Waals surface area contributed by atoms with Crippen LogP contribution in [0.5, 0.6) is 0 Å². The first-order valence-corrected chi connectivity index (χ1v) is 15.1. The highest BCUT2D eigenvalue weighted by Crippen LogP contribution is 2.41. The quantitative estimate of drug-likeness (QED) is 0.192. The van der Waals surface area contributed by atoms with Gasteiger partial charge in [0.25, 0.3) is 0 Å². The minimum atomic E-state index is 0.0197. The smallest absolute Gasteiger partial charge is 0.0541 e. The van der Waals surface area contributed by atoms with Crippen molar-refractivity contribution in [2.24, 2.45) is 0 Å². The monoisotopic (exact) mass is 551 g/mol. The lowest BCUT2D eigenvalue weighted by atomic mass is 9.79. The zero-order valence-corrected chi connectivity index (χ0v) is 24.8. The average molecular weight is 552 g/mol. The second-order valence-corrected chi connectivity index (χ2v) is 12.7. The van der Waals surface area contributed by atoms with Gasteiger partial charge in [0.05, 0.1) is 11.0 Å². The summed E-state index contributed by atoms with van der Waals surface area (Å²) >= 11 is 0. The Bertz CT molecular complexity index is 2300. The molecule has 0 spiro atoms. The van der Waals surface area contributed by atoms with E-state index in [-0.39, 0.29) is 5.41 Å². The predicted molar refractivity (Wildman–Crippen MR) is 185 cm³/mol. The number of benzene rings is 7. The number of para-hydroxylation sites is 2. The van der Waals surface area contributed by atoms with Crippen LogP contribution in [-0.2, 0) is 5.41 Å². The van der Waals surface area contributed by atoms with Gasteiger partial charge < -0.3 is 4.57 Å². The second kappa shape index (κ2) is 9.71. The van der Waals surface area contributed by atoms with Crippen molar-refractivity contribution < 1.29 is 0 Å². The molecule has 0 bridgehead atoms. The van der Waals surface area contributed by atoms with Gasteiger partial charge in [-0.3, -0.25) is 0 Å². The van der Waals surface area contributed by atoms with Crippen molar-refractivity contribution in [3.63, 3.8) is 0 Å². The van der Waals surface area contributed by atoms with Crippen LogP contribution < -0.4 is 0 Å².